The molecule has 1 heterocycles. The SMILES string of the molecule is CC(=O)c1cccc(NC(=O)CCN(C(C)=O)c2ccc3c(c2)OCCO3)c1. The first-order valence-electron chi connectivity index (χ1n) is 9.02. The Hall–Kier alpha value is -3.35. The summed E-state index contributed by atoms with van der Waals surface area (Å²) in [5.41, 5.74) is 1.72. The van der Waals surface area contributed by atoms with Crippen molar-refractivity contribution in [1.82, 2.24) is 0 Å². The second kappa shape index (κ2) is 8.56. The molecule has 0 bridgehead atoms. The van der Waals surface area contributed by atoms with Crippen LogP contribution in [0, 0.1) is 0 Å². The van der Waals surface area contributed by atoms with Crippen molar-refractivity contribution in [2.45, 2.75) is 20.3 Å². The smallest absolute Gasteiger partial charge is 0.226 e. The molecule has 0 unspecified atom stereocenters. The van der Waals surface area contributed by atoms with Crippen LogP contribution in [-0.4, -0.2) is 37.4 Å². The fourth-order valence-electron chi connectivity index (χ4n) is 2.92. The fraction of sp³-hybridized carbons (Fsp3) is 0.286. The van der Waals surface area contributed by atoms with Gasteiger partial charge in [0.05, 0.1) is 0 Å². The largest absolute Gasteiger partial charge is 0.486 e. The topological polar surface area (TPSA) is 84.9 Å². The number of ketones is 1. The van der Waals surface area contributed by atoms with Crippen molar-refractivity contribution >= 4 is 29.0 Å². The average Bonchev–Trinajstić information content (AvgIpc) is 2.68. The van der Waals surface area contributed by atoms with Gasteiger partial charge in [-0.2, -0.15) is 0 Å². The summed E-state index contributed by atoms with van der Waals surface area (Å²) >= 11 is 0. The van der Waals surface area contributed by atoms with Crippen LogP contribution in [0.4, 0.5) is 11.4 Å². The van der Waals surface area contributed by atoms with Crippen molar-refractivity contribution in [1.29, 1.82) is 0 Å². The van der Waals surface area contributed by atoms with Crippen molar-refractivity contribution in [2.24, 2.45) is 0 Å². The van der Waals surface area contributed by atoms with E-state index in [1.165, 1.54) is 18.7 Å². The second-order valence-electron chi connectivity index (χ2n) is 6.43. The fourth-order valence-corrected chi connectivity index (χ4v) is 2.92. The first-order chi connectivity index (χ1) is 13.4. The molecule has 0 aliphatic carbocycles. The number of carbonyl (C=O) groups is 3. The number of hydrogen-bond donors (Lipinski definition) is 1. The number of Topliss-reactive ketones (excluding diaryl/α,β-unsaturated/α-hetero) is 1. The lowest BCUT2D eigenvalue weighted by molar-refractivity contribution is -0.117. The van der Waals surface area contributed by atoms with E-state index in [0.717, 1.165) is 0 Å². The molecule has 146 valence electrons. The third kappa shape index (κ3) is 4.68. The van der Waals surface area contributed by atoms with Gasteiger partial charge in [-0.3, -0.25) is 14.4 Å². The normalized spacial score (nSPS) is 12.2. The Balaban J connectivity index is 1.65. The first-order valence-corrected chi connectivity index (χ1v) is 9.02. The minimum Gasteiger partial charge on any atom is -0.486 e. The molecule has 3 rings (SSSR count). The van der Waals surface area contributed by atoms with E-state index in [0.29, 0.717) is 41.7 Å². The van der Waals surface area contributed by atoms with Gasteiger partial charge in [-0.05, 0) is 31.2 Å². The minimum absolute atomic E-state index is 0.0718. The summed E-state index contributed by atoms with van der Waals surface area (Å²) in [5, 5.41) is 2.76. The van der Waals surface area contributed by atoms with Crippen LogP contribution in [0.25, 0.3) is 0 Å². The van der Waals surface area contributed by atoms with Crippen LogP contribution >= 0.6 is 0 Å². The summed E-state index contributed by atoms with van der Waals surface area (Å²) in [7, 11) is 0. The third-order valence-electron chi connectivity index (χ3n) is 4.33. The van der Waals surface area contributed by atoms with Gasteiger partial charge in [0, 0.05) is 42.9 Å². The van der Waals surface area contributed by atoms with Crippen molar-refractivity contribution in [3.05, 3.63) is 48.0 Å². The van der Waals surface area contributed by atoms with Crippen molar-refractivity contribution in [3.8, 4) is 11.5 Å². The predicted octanol–water partition coefficient (Wildman–Crippen LogP) is 3.04. The highest BCUT2D eigenvalue weighted by Crippen LogP contribution is 2.34. The van der Waals surface area contributed by atoms with Gasteiger partial charge >= 0.3 is 0 Å². The number of benzene rings is 2. The predicted molar refractivity (Wildman–Crippen MR) is 105 cm³/mol. The van der Waals surface area contributed by atoms with Crippen LogP contribution < -0.4 is 19.7 Å². The molecule has 2 aromatic rings. The van der Waals surface area contributed by atoms with E-state index >= 15 is 0 Å². The zero-order chi connectivity index (χ0) is 20.1. The van der Waals surface area contributed by atoms with Gasteiger partial charge in [0.25, 0.3) is 0 Å². The maximum Gasteiger partial charge on any atom is 0.226 e. The number of carbonyl (C=O) groups excluding carboxylic acids is 3. The number of nitrogens with one attached hydrogen (secondary N) is 1. The summed E-state index contributed by atoms with van der Waals surface area (Å²) < 4.78 is 11.1. The summed E-state index contributed by atoms with van der Waals surface area (Å²) in [5.74, 6) is 0.729. The maximum atomic E-state index is 12.3. The molecule has 0 atom stereocenters. The highest BCUT2D eigenvalue weighted by molar-refractivity contribution is 5.98. The molecule has 1 N–H and O–H groups in total. The molecule has 0 saturated carbocycles. The number of nitrogens with zero attached hydrogens (tertiary/aromatic N) is 1. The van der Waals surface area contributed by atoms with E-state index in [4.69, 9.17) is 9.47 Å². The first kappa shape index (κ1) is 19.4. The lowest BCUT2D eigenvalue weighted by atomic mass is 10.1. The number of anilines is 2. The van der Waals surface area contributed by atoms with Crippen LogP contribution in [0.5, 0.6) is 11.5 Å². The number of hydrogen-bond acceptors (Lipinski definition) is 5. The summed E-state index contributed by atoms with van der Waals surface area (Å²) in [6, 6.07) is 12.0. The zero-order valence-corrected chi connectivity index (χ0v) is 15.9. The molecule has 2 amide bonds. The van der Waals surface area contributed by atoms with Crippen LogP contribution in [-0.2, 0) is 9.59 Å². The number of amides is 2. The van der Waals surface area contributed by atoms with Crippen molar-refractivity contribution < 1.29 is 23.9 Å². The molecule has 2 aromatic carbocycles. The molecule has 1 aliphatic heterocycles. The van der Waals surface area contributed by atoms with Gasteiger partial charge in [-0.25, -0.2) is 0 Å². The van der Waals surface area contributed by atoms with Crippen LogP contribution in [0.2, 0.25) is 0 Å². The van der Waals surface area contributed by atoms with Crippen LogP contribution in [0.3, 0.4) is 0 Å². The van der Waals surface area contributed by atoms with E-state index in [-0.39, 0.29) is 30.6 Å². The van der Waals surface area contributed by atoms with E-state index in [1.54, 1.807) is 42.5 Å². The number of rotatable bonds is 6. The molecule has 28 heavy (non-hydrogen) atoms. The van der Waals surface area contributed by atoms with E-state index in [2.05, 4.69) is 5.32 Å². The second-order valence-corrected chi connectivity index (χ2v) is 6.43. The Morgan fingerprint density at radius 1 is 1.00 bits per heavy atom. The van der Waals surface area contributed by atoms with Gasteiger partial charge in [0.15, 0.2) is 17.3 Å². The van der Waals surface area contributed by atoms with Gasteiger partial charge < -0.3 is 19.7 Å². The van der Waals surface area contributed by atoms with Crippen molar-refractivity contribution in [3.63, 3.8) is 0 Å². The Morgan fingerprint density at radius 3 is 2.46 bits per heavy atom. The lowest BCUT2D eigenvalue weighted by Gasteiger charge is -2.24. The van der Waals surface area contributed by atoms with Gasteiger partial charge in [-0.15, -0.1) is 0 Å². The lowest BCUT2D eigenvalue weighted by Crippen LogP contribution is -2.32. The Bertz CT molecular complexity index is 909. The minimum atomic E-state index is -0.246. The standard InChI is InChI=1S/C21H22N2O5/c1-14(24)16-4-3-5-17(12-16)22-21(26)8-9-23(15(2)25)18-6-7-19-20(13-18)28-11-10-27-19/h3-7,12-13H,8-11H2,1-2H3,(H,22,26). The van der Waals surface area contributed by atoms with E-state index in [9.17, 15) is 14.4 Å². The van der Waals surface area contributed by atoms with Gasteiger partial charge in [-0.1, -0.05) is 12.1 Å². The Labute approximate surface area is 163 Å². The summed E-state index contributed by atoms with van der Waals surface area (Å²) in [6.45, 7) is 4.09. The van der Waals surface area contributed by atoms with Gasteiger partial charge in [0.1, 0.15) is 13.2 Å². The highest BCUT2D eigenvalue weighted by atomic mass is 16.6. The highest BCUT2D eigenvalue weighted by Gasteiger charge is 2.18. The van der Waals surface area contributed by atoms with Crippen LogP contribution in [0.1, 0.15) is 30.6 Å². The molecule has 7 heteroatoms. The van der Waals surface area contributed by atoms with Crippen LogP contribution in [0.15, 0.2) is 42.5 Å². The number of ether oxygens (including phenoxy) is 2. The molecule has 7 nitrogen and oxygen atoms in total. The Kier molecular flexibility index (Phi) is 5.93. The van der Waals surface area contributed by atoms with E-state index in [1.807, 2.05) is 0 Å². The molecular formula is C21H22N2O5. The summed E-state index contributed by atoms with van der Waals surface area (Å²) in [4.78, 5) is 37.4. The third-order valence-corrected chi connectivity index (χ3v) is 4.33. The molecule has 0 saturated heterocycles. The quantitative estimate of drug-likeness (QED) is 0.776. The average molecular weight is 382 g/mol. The number of fused-ring (bicyclic) bond motifs is 1. The molecular weight excluding hydrogens is 360 g/mol. The Morgan fingerprint density at radius 2 is 1.75 bits per heavy atom. The molecule has 0 aromatic heterocycles. The van der Waals surface area contributed by atoms with Crippen molar-refractivity contribution in [2.75, 3.05) is 30.0 Å². The van der Waals surface area contributed by atoms with Gasteiger partial charge in [0.2, 0.25) is 11.8 Å². The van der Waals surface area contributed by atoms with E-state index < -0.39 is 0 Å². The monoisotopic (exact) mass is 382 g/mol. The zero-order valence-electron chi connectivity index (χ0n) is 15.9. The molecule has 0 fully saturated rings. The maximum absolute atomic E-state index is 12.3. The molecule has 1 aliphatic rings. The molecule has 0 spiro atoms. The summed E-state index contributed by atoms with van der Waals surface area (Å²) in [6.07, 6.45) is 0.109. The molecule has 0 radical (unpaired) electrons.